The number of hydrogen-bond acceptors (Lipinski definition) is 6. The van der Waals surface area contributed by atoms with Gasteiger partial charge in [0.25, 0.3) is 0 Å². The number of pyridine rings is 2. The summed E-state index contributed by atoms with van der Waals surface area (Å²) in [6, 6.07) is 18.1. The van der Waals surface area contributed by atoms with Crippen molar-refractivity contribution >= 4 is 57.1 Å². The van der Waals surface area contributed by atoms with Crippen LogP contribution in [0.2, 0.25) is 0 Å². The number of hydrogen-bond donors (Lipinski definition) is 0. The van der Waals surface area contributed by atoms with Crippen molar-refractivity contribution in [3.8, 4) is 11.4 Å². The molecule has 0 N–H and O–H groups in total. The summed E-state index contributed by atoms with van der Waals surface area (Å²) in [6.07, 6.45) is 2.97. The van der Waals surface area contributed by atoms with Crippen molar-refractivity contribution in [2.24, 2.45) is 5.41 Å². The van der Waals surface area contributed by atoms with Crippen molar-refractivity contribution in [1.82, 2.24) is 29.5 Å². The van der Waals surface area contributed by atoms with Crippen LogP contribution in [-0.4, -0.2) is 49.9 Å². The third-order valence-electron chi connectivity index (χ3n) is 7.18. The topological polar surface area (TPSA) is 79.9 Å². The summed E-state index contributed by atoms with van der Waals surface area (Å²) in [5.74, 6) is -1.00. The summed E-state index contributed by atoms with van der Waals surface area (Å²) in [5, 5.41) is 11.3. The number of fused-ring (bicyclic) bond motifs is 2. The zero-order chi connectivity index (χ0) is 30.3. The van der Waals surface area contributed by atoms with Gasteiger partial charge in [0.1, 0.15) is 9.29 Å². The summed E-state index contributed by atoms with van der Waals surface area (Å²) in [5.41, 5.74) is 6.37. The highest BCUT2D eigenvalue weighted by Gasteiger charge is 2.37. The molecule has 1 fully saturated rings. The minimum Gasteiger partial charge on any atom is -0.406 e. The Labute approximate surface area is 261 Å². The van der Waals surface area contributed by atoms with E-state index in [1.54, 1.807) is 21.5 Å². The Morgan fingerprint density at radius 3 is 1.79 bits per heavy atom. The molecule has 5 heterocycles. The van der Waals surface area contributed by atoms with Gasteiger partial charge in [-0.25, -0.2) is 19.3 Å². The third-order valence-corrected chi connectivity index (χ3v) is 7.98. The van der Waals surface area contributed by atoms with Crippen molar-refractivity contribution in [3.05, 3.63) is 99.8 Å². The third kappa shape index (κ3) is 5.91. The molecule has 2 aromatic carbocycles. The summed E-state index contributed by atoms with van der Waals surface area (Å²) in [7, 11) is -0.507. The number of aromatic nitrogens is 6. The largest absolute Gasteiger partial charge is 0.516 e. The lowest BCUT2D eigenvalue weighted by atomic mass is 9.78. The van der Waals surface area contributed by atoms with Gasteiger partial charge >= 0.3 is 7.12 Å². The van der Waals surface area contributed by atoms with E-state index in [4.69, 9.17) is 14.4 Å². The van der Waals surface area contributed by atoms with Gasteiger partial charge in [0.15, 0.2) is 0 Å². The monoisotopic (exact) mass is 692 g/mol. The Bertz CT molecular complexity index is 1920. The fourth-order valence-electron chi connectivity index (χ4n) is 5.04. The fourth-order valence-corrected chi connectivity index (χ4v) is 5.69. The molecular formula is C31H28BF2IN6O2. The Kier molecular flexibility index (Phi) is 8.01. The van der Waals surface area contributed by atoms with Crippen LogP contribution in [0.5, 0.6) is 0 Å². The van der Waals surface area contributed by atoms with Crippen LogP contribution in [-0.2, 0) is 9.31 Å². The Morgan fingerprint density at radius 1 is 0.744 bits per heavy atom. The van der Waals surface area contributed by atoms with Crippen LogP contribution in [0.3, 0.4) is 0 Å². The number of benzene rings is 2. The zero-order valence-electron chi connectivity index (χ0n) is 24.1. The van der Waals surface area contributed by atoms with Crippen molar-refractivity contribution in [2.75, 3.05) is 13.2 Å². The molecular weight excluding hydrogens is 664 g/mol. The van der Waals surface area contributed by atoms with E-state index in [9.17, 15) is 8.78 Å². The average Bonchev–Trinajstić information content (AvgIpc) is 3.54. The summed E-state index contributed by atoms with van der Waals surface area (Å²) in [4.78, 5) is 7.41. The lowest BCUT2D eigenvalue weighted by Gasteiger charge is -2.32. The van der Waals surface area contributed by atoms with E-state index in [2.05, 4.69) is 51.5 Å². The van der Waals surface area contributed by atoms with Crippen LogP contribution in [0.1, 0.15) is 25.0 Å². The van der Waals surface area contributed by atoms with E-state index >= 15 is 0 Å². The summed E-state index contributed by atoms with van der Waals surface area (Å²) < 4.78 is 42.4. The normalized spacial score (nSPS) is 14.6. The molecule has 0 atom stereocenters. The first-order chi connectivity index (χ1) is 20.6. The van der Waals surface area contributed by atoms with Crippen LogP contribution in [0.15, 0.2) is 73.1 Å². The van der Waals surface area contributed by atoms with Crippen LogP contribution < -0.4 is 5.59 Å². The molecule has 0 radical (unpaired) electrons. The fraction of sp³-hybridized carbons (Fsp3) is 0.226. The van der Waals surface area contributed by atoms with Crippen molar-refractivity contribution in [3.63, 3.8) is 0 Å². The standard InChI is InChI=1S/C18H19BFN3O2.C13H9FIN3/c1-12-5-4-6-14-16(12)23(13-7-8-15(20)21-9-13)22-17(14)19-24-10-18(2,3)11-25-19;1-8-3-2-4-10-12(8)18(17-13(10)15)9-5-6-11(14)16-7-9/h4-9H,10-11H2,1-3H3;2-7H,1H3. The van der Waals surface area contributed by atoms with Crippen LogP contribution in [0, 0.1) is 34.9 Å². The maximum atomic E-state index is 13.2. The van der Waals surface area contributed by atoms with Gasteiger partial charge in [-0.1, -0.05) is 50.2 Å². The SMILES string of the molecule is Cc1cccc2c(B3OCC(C)(C)CO3)nn(-c3ccc(F)nc3)c12.Cc1cccc2c(I)nn(-c3ccc(F)nc3)c12. The molecule has 1 aliphatic heterocycles. The molecule has 1 saturated heterocycles. The first-order valence-electron chi connectivity index (χ1n) is 13.7. The number of halogens is 3. The second-order valence-corrected chi connectivity index (χ2v) is 12.3. The van der Waals surface area contributed by atoms with Crippen LogP contribution in [0.4, 0.5) is 8.78 Å². The number of aryl methyl sites for hydroxylation is 2. The number of nitrogens with zero attached hydrogens (tertiary/aromatic N) is 6. The van der Waals surface area contributed by atoms with Gasteiger partial charge in [-0.15, -0.1) is 0 Å². The molecule has 0 aliphatic carbocycles. The molecule has 6 aromatic rings. The minimum atomic E-state index is -0.515. The molecule has 0 spiro atoms. The maximum absolute atomic E-state index is 13.2. The second-order valence-electron chi connectivity index (χ2n) is 11.2. The molecule has 0 unspecified atom stereocenters. The van der Waals surface area contributed by atoms with Gasteiger partial charge in [-0.2, -0.15) is 19.0 Å². The van der Waals surface area contributed by atoms with Gasteiger partial charge in [0.05, 0.1) is 34.8 Å². The van der Waals surface area contributed by atoms with E-state index in [-0.39, 0.29) is 5.41 Å². The second kappa shape index (κ2) is 11.7. The number of para-hydroxylation sites is 2. The Morgan fingerprint density at radius 2 is 1.26 bits per heavy atom. The van der Waals surface area contributed by atoms with E-state index < -0.39 is 19.0 Å². The minimum absolute atomic E-state index is 0.00827. The molecule has 0 bridgehead atoms. The first kappa shape index (κ1) is 29.3. The molecule has 1 aliphatic rings. The van der Waals surface area contributed by atoms with Crippen molar-refractivity contribution in [2.45, 2.75) is 27.7 Å². The van der Waals surface area contributed by atoms with Gasteiger partial charge in [-0.3, -0.25) is 0 Å². The molecule has 12 heteroatoms. The average molecular weight is 692 g/mol. The van der Waals surface area contributed by atoms with Crippen molar-refractivity contribution in [1.29, 1.82) is 0 Å². The highest BCUT2D eigenvalue weighted by molar-refractivity contribution is 14.1. The molecule has 218 valence electrons. The molecule has 0 saturated carbocycles. The van der Waals surface area contributed by atoms with Crippen LogP contribution >= 0.6 is 22.6 Å². The van der Waals surface area contributed by atoms with E-state index in [0.717, 1.165) is 47.9 Å². The van der Waals surface area contributed by atoms with Gasteiger partial charge in [0, 0.05) is 29.4 Å². The highest BCUT2D eigenvalue weighted by atomic mass is 127. The van der Waals surface area contributed by atoms with E-state index in [1.807, 2.05) is 50.2 Å². The van der Waals surface area contributed by atoms with Crippen molar-refractivity contribution < 1.29 is 18.1 Å². The van der Waals surface area contributed by atoms with Gasteiger partial charge in [-0.05, 0) is 71.8 Å². The quantitative estimate of drug-likeness (QED) is 0.127. The molecule has 7 rings (SSSR count). The van der Waals surface area contributed by atoms with Gasteiger partial charge in [0.2, 0.25) is 11.9 Å². The maximum Gasteiger partial charge on any atom is 0.516 e. The van der Waals surface area contributed by atoms with Gasteiger partial charge < -0.3 is 9.31 Å². The van der Waals surface area contributed by atoms with Crippen LogP contribution in [0.25, 0.3) is 33.2 Å². The molecule has 43 heavy (non-hydrogen) atoms. The summed E-state index contributed by atoms with van der Waals surface area (Å²) in [6.45, 7) is 9.48. The zero-order valence-corrected chi connectivity index (χ0v) is 26.2. The first-order valence-corrected chi connectivity index (χ1v) is 14.8. The smallest absolute Gasteiger partial charge is 0.406 e. The lowest BCUT2D eigenvalue weighted by Crippen LogP contribution is -2.48. The molecule has 4 aromatic heterocycles. The lowest BCUT2D eigenvalue weighted by molar-refractivity contribution is 0.0340. The molecule has 8 nitrogen and oxygen atoms in total. The Hall–Kier alpha value is -3.75. The number of rotatable bonds is 3. The predicted octanol–water partition coefficient (Wildman–Crippen LogP) is 6.11. The summed E-state index contributed by atoms with van der Waals surface area (Å²) >= 11 is 2.20. The van der Waals surface area contributed by atoms with E-state index in [0.29, 0.717) is 18.9 Å². The highest BCUT2D eigenvalue weighted by Crippen LogP contribution is 2.27. The molecule has 0 amide bonds. The Balaban J connectivity index is 0.000000162. The van der Waals surface area contributed by atoms with E-state index in [1.165, 1.54) is 24.5 Å². The predicted molar refractivity (Wildman–Crippen MR) is 171 cm³/mol.